The molecule has 88 valence electrons. The molecule has 0 aromatic carbocycles. The Morgan fingerprint density at radius 1 is 1.50 bits per heavy atom. The highest BCUT2D eigenvalue weighted by atomic mass is 32.1. The van der Waals surface area contributed by atoms with Crippen LogP contribution in [0.15, 0.2) is 12.1 Å². The second-order valence-electron chi connectivity index (χ2n) is 4.16. The van der Waals surface area contributed by atoms with Crippen LogP contribution < -0.4 is 10.6 Å². The number of thiophene rings is 1. The smallest absolute Gasteiger partial charge is 0.220 e. The maximum atomic E-state index is 11.0. The summed E-state index contributed by atoms with van der Waals surface area (Å²) in [6.07, 6.45) is 2.77. The Morgan fingerprint density at radius 2 is 2.31 bits per heavy atom. The minimum Gasteiger partial charge on any atom is -0.352 e. The molecule has 1 aromatic heterocycles. The van der Waals surface area contributed by atoms with E-state index in [1.165, 1.54) is 9.75 Å². The van der Waals surface area contributed by atoms with Crippen LogP contribution in [0.2, 0.25) is 0 Å². The highest BCUT2D eigenvalue weighted by Gasteiger charge is 2.19. The Hall–Kier alpha value is -0.870. The molecule has 2 rings (SSSR count). The van der Waals surface area contributed by atoms with Gasteiger partial charge >= 0.3 is 0 Å². The van der Waals surface area contributed by atoms with Gasteiger partial charge in [-0.1, -0.05) is 6.92 Å². The van der Waals surface area contributed by atoms with Crippen molar-refractivity contribution in [3.63, 3.8) is 0 Å². The Morgan fingerprint density at radius 3 is 2.94 bits per heavy atom. The van der Waals surface area contributed by atoms with Crippen LogP contribution in [0.3, 0.4) is 0 Å². The zero-order valence-corrected chi connectivity index (χ0v) is 10.4. The molecule has 1 aromatic rings. The molecular weight excluding hydrogens is 220 g/mol. The summed E-state index contributed by atoms with van der Waals surface area (Å²) in [6.45, 7) is 3.97. The minimum absolute atomic E-state index is 0.191. The van der Waals surface area contributed by atoms with Crippen molar-refractivity contribution in [2.24, 2.45) is 0 Å². The highest BCUT2D eigenvalue weighted by molar-refractivity contribution is 7.11. The van der Waals surface area contributed by atoms with E-state index in [1.54, 1.807) is 0 Å². The normalized spacial score (nSPS) is 20.1. The molecule has 0 radical (unpaired) electrons. The first-order chi connectivity index (χ1) is 7.78. The van der Waals surface area contributed by atoms with Gasteiger partial charge in [0.25, 0.3) is 0 Å². The van der Waals surface area contributed by atoms with Crippen molar-refractivity contribution in [1.29, 1.82) is 0 Å². The van der Waals surface area contributed by atoms with Crippen LogP contribution in [0.5, 0.6) is 0 Å². The Labute approximate surface area is 100 Å². The molecule has 0 saturated carbocycles. The Balaban J connectivity index is 1.69. The number of carbonyl (C=O) groups is 1. The summed E-state index contributed by atoms with van der Waals surface area (Å²) in [5.74, 6) is 0.191. The largest absolute Gasteiger partial charge is 0.352 e. The van der Waals surface area contributed by atoms with E-state index < -0.39 is 0 Å². The van der Waals surface area contributed by atoms with Gasteiger partial charge in [-0.05, 0) is 25.0 Å². The van der Waals surface area contributed by atoms with Gasteiger partial charge in [-0.3, -0.25) is 4.79 Å². The summed E-state index contributed by atoms with van der Waals surface area (Å²) in [7, 11) is 0. The molecule has 4 heteroatoms. The zero-order valence-electron chi connectivity index (χ0n) is 9.58. The molecule has 2 heterocycles. The lowest BCUT2D eigenvalue weighted by Gasteiger charge is -2.10. The van der Waals surface area contributed by atoms with E-state index in [4.69, 9.17) is 0 Å². The summed E-state index contributed by atoms with van der Waals surface area (Å²) < 4.78 is 0. The highest BCUT2D eigenvalue weighted by Crippen LogP contribution is 2.16. The Bertz CT molecular complexity index is 362. The van der Waals surface area contributed by atoms with E-state index in [2.05, 4.69) is 29.7 Å². The summed E-state index contributed by atoms with van der Waals surface area (Å²) in [4.78, 5) is 13.8. The van der Waals surface area contributed by atoms with Crippen molar-refractivity contribution in [3.05, 3.63) is 21.9 Å². The molecule has 1 fully saturated rings. The number of hydrogen-bond acceptors (Lipinski definition) is 3. The van der Waals surface area contributed by atoms with Gasteiger partial charge in [0.05, 0.1) is 0 Å². The quantitative estimate of drug-likeness (QED) is 0.819. The average molecular weight is 238 g/mol. The van der Waals surface area contributed by atoms with E-state index in [0.29, 0.717) is 12.5 Å². The number of aryl methyl sites for hydroxylation is 1. The lowest BCUT2D eigenvalue weighted by molar-refractivity contribution is -0.119. The van der Waals surface area contributed by atoms with Crippen LogP contribution in [0, 0.1) is 0 Å². The fourth-order valence-corrected chi connectivity index (χ4v) is 2.83. The maximum absolute atomic E-state index is 11.0. The van der Waals surface area contributed by atoms with E-state index in [0.717, 1.165) is 25.9 Å². The van der Waals surface area contributed by atoms with E-state index >= 15 is 0 Å². The average Bonchev–Trinajstić information content (AvgIpc) is 2.88. The van der Waals surface area contributed by atoms with Crippen LogP contribution in [0.1, 0.15) is 29.5 Å². The summed E-state index contributed by atoms with van der Waals surface area (Å²) in [6, 6.07) is 4.71. The predicted molar refractivity (Wildman–Crippen MR) is 66.6 cm³/mol. The van der Waals surface area contributed by atoms with Crippen molar-refractivity contribution in [3.8, 4) is 0 Å². The third kappa shape index (κ3) is 3.06. The van der Waals surface area contributed by atoms with E-state index in [9.17, 15) is 4.79 Å². The van der Waals surface area contributed by atoms with Crippen LogP contribution in [0.25, 0.3) is 0 Å². The second-order valence-corrected chi connectivity index (χ2v) is 5.41. The van der Waals surface area contributed by atoms with Crippen LogP contribution in [0.4, 0.5) is 0 Å². The van der Waals surface area contributed by atoms with Crippen molar-refractivity contribution in [2.75, 3.05) is 6.54 Å². The standard InChI is InChI=1S/C12H18N2OS/c1-2-10-4-5-11(16-10)8-13-7-9-3-6-12(15)14-9/h4-5,9,13H,2-3,6-8H2,1H3,(H,14,15). The van der Waals surface area contributed by atoms with Crippen LogP contribution in [-0.4, -0.2) is 18.5 Å². The SMILES string of the molecule is CCc1ccc(CNCC2CCC(=O)N2)s1. The fraction of sp³-hybridized carbons (Fsp3) is 0.583. The topological polar surface area (TPSA) is 41.1 Å². The van der Waals surface area contributed by atoms with Gasteiger partial charge in [-0.25, -0.2) is 0 Å². The molecular formula is C12H18N2OS. The molecule has 1 unspecified atom stereocenters. The number of nitrogens with one attached hydrogen (secondary N) is 2. The molecule has 3 nitrogen and oxygen atoms in total. The molecule has 16 heavy (non-hydrogen) atoms. The molecule has 0 spiro atoms. The summed E-state index contributed by atoms with van der Waals surface area (Å²) in [5, 5.41) is 6.36. The number of amides is 1. The first-order valence-electron chi connectivity index (χ1n) is 5.85. The lowest BCUT2D eigenvalue weighted by Crippen LogP contribution is -2.35. The second kappa shape index (κ2) is 5.46. The predicted octanol–water partition coefficient (Wildman–Crippen LogP) is 1.68. The van der Waals surface area contributed by atoms with Crippen molar-refractivity contribution in [2.45, 2.75) is 38.8 Å². The molecule has 0 bridgehead atoms. The number of hydrogen-bond donors (Lipinski definition) is 2. The number of carbonyl (C=O) groups excluding carboxylic acids is 1. The molecule has 1 saturated heterocycles. The fourth-order valence-electron chi connectivity index (χ4n) is 1.91. The maximum Gasteiger partial charge on any atom is 0.220 e. The van der Waals surface area contributed by atoms with Gasteiger partial charge in [0.2, 0.25) is 5.91 Å². The summed E-state index contributed by atoms with van der Waals surface area (Å²) in [5.41, 5.74) is 0. The molecule has 2 N–H and O–H groups in total. The molecule has 0 aliphatic carbocycles. The lowest BCUT2D eigenvalue weighted by atomic mass is 10.2. The zero-order chi connectivity index (χ0) is 11.4. The molecule has 1 amide bonds. The van der Waals surface area contributed by atoms with Gasteiger partial charge < -0.3 is 10.6 Å². The first-order valence-corrected chi connectivity index (χ1v) is 6.67. The third-order valence-electron chi connectivity index (χ3n) is 2.84. The van der Waals surface area contributed by atoms with Gasteiger partial charge in [0.1, 0.15) is 0 Å². The Kier molecular flexibility index (Phi) is 3.96. The monoisotopic (exact) mass is 238 g/mol. The first kappa shape index (κ1) is 11.6. The van der Waals surface area contributed by atoms with E-state index in [-0.39, 0.29) is 5.91 Å². The van der Waals surface area contributed by atoms with Crippen molar-refractivity contribution in [1.82, 2.24) is 10.6 Å². The van der Waals surface area contributed by atoms with Gasteiger partial charge in [0, 0.05) is 35.3 Å². The van der Waals surface area contributed by atoms with Crippen LogP contribution in [-0.2, 0) is 17.8 Å². The van der Waals surface area contributed by atoms with E-state index in [1.807, 2.05) is 11.3 Å². The minimum atomic E-state index is 0.191. The molecule has 1 atom stereocenters. The van der Waals surface area contributed by atoms with Crippen molar-refractivity contribution >= 4 is 17.2 Å². The van der Waals surface area contributed by atoms with Gasteiger partial charge in [0.15, 0.2) is 0 Å². The molecule has 1 aliphatic heterocycles. The van der Waals surface area contributed by atoms with Crippen molar-refractivity contribution < 1.29 is 4.79 Å². The van der Waals surface area contributed by atoms with Gasteiger partial charge in [-0.15, -0.1) is 11.3 Å². The summed E-state index contributed by atoms with van der Waals surface area (Å²) >= 11 is 1.87. The third-order valence-corrected chi connectivity index (χ3v) is 4.07. The number of rotatable bonds is 5. The molecule has 1 aliphatic rings. The van der Waals surface area contributed by atoms with Gasteiger partial charge in [-0.2, -0.15) is 0 Å². The van der Waals surface area contributed by atoms with Crippen LogP contribution >= 0.6 is 11.3 Å².